The van der Waals surface area contributed by atoms with Crippen LogP contribution in [0, 0.1) is 5.92 Å². The summed E-state index contributed by atoms with van der Waals surface area (Å²) in [4.78, 5) is 31.8. The second-order valence-corrected chi connectivity index (χ2v) is 6.38. The van der Waals surface area contributed by atoms with E-state index in [-0.39, 0.29) is 5.11 Å². The van der Waals surface area contributed by atoms with Gasteiger partial charge in [-0.1, -0.05) is 0 Å². The molecule has 0 aliphatic carbocycles. The van der Waals surface area contributed by atoms with Crippen LogP contribution in [0.1, 0.15) is 0 Å². The van der Waals surface area contributed by atoms with Gasteiger partial charge in [0, 0.05) is 12.3 Å². The van der Waals surface area contributed by atoms with Crippen LogP contribution in [-0.2, 0) is 9.59 Å². The Labute approximate surface area is 157 Å². The summed E-state index contributed by atoms with van der Waals surface area (Å²) >= 11 is 5.20. The molecule has 1 heterocycles. The fourth-order valence-corrected chi connectivity index (χ4v) is 2.68. The number of quaternary nitrogens is 1. The minimum Gasteiger partial charge on any atom is -0.497 e. The van der Waals surface area contributed by atoms with E-state index >= 15 is 0 Å². The normalized spacial score (nSPS) is 17.8. The maximum Gasteiger partial charge on any atom is 0.251 e. The smallest absolute Gasteiger partial charge is 0.251 e. The Kier molecular flexibility index (Phi) is 6.64. The first kappa shape index (κ1) is 19.8. The second-order valence-electron chi connectivity index (χ2n) is 6.00. The quantitative estimate of drug-likeness (QED) is 0.371. The molecule has 0 bridgehead atoms. The van der Waals surface area contributed by atoms with Gasteiger partial charge in [-0.2, -0.15) is 0 Å². The number of nitrogens with zero attached hydrogens (tertiary/aromatic N) is 2. The zero-order chi connectivity index (χ0) is 19.3. The fourth-order valence-electron chi connectivity index (χ4n) is 2.39. The largest absolute Gasteiger partial charge is 0.497 e. The monoisotopic (exact) mass is 379 g/mol. The number of carbonyl (C=O) groups excluding carboxylic acids is 2. The third kappa shape index (κ3) is 4.36. The van der Waals surface area contributed by atoms with E-state index in [9.17, 15) is 9.59 Å². The lowest BCUT2D eigenvalue weighted by molar-refractivity contribution is -0.856. The summed E-state index contributed by atoms with van der Waals surface area (Å²) in [6.07, 6.45) is 1.38. The topological polar surface area (TPSA) is 84.7 Å². The van der Waals surface area contributed by atoms with Gasteiger partial charge in [-0.15, -0.1) is 0 Å². The van der Waals surface area contributed by atoms with E-state index in [1.54, 1.807) is 18.2 Å². The summed E-state index contributed by atoms with van der Waals surface area (Å²) in [5.74, 6) is -1.04. The molecule has 1 unspecified atom stereocenters. The van der Waals surface area contributed by atoms with Crippen LogP contribution < -0.4 is 24.6 Å². The lowest BCUT2D eigenvalue weighted by atomic mass is 10.1. The standard InChI is InChI=1S/C17H22N4O4S/c1-20(2)8-7-18-10-12-15(22)19-17(26)21(16(12)23)13-9-11(24-3)5-6-14(13)25-4/h5-6,9-10,12H,7-8H2,1-4H3,(H,19,22,26)/p+1. The Morgan fingerprint density at radius 1 is 1.31 bits per heavy atom. The summed E-state index contributed by atoms with van der Waals surface area (Å²) in [6, 6.07) is 5.01. The molecule has 0 saturated carbocycles. The maximum absolute atomic E-state index is 12.9. The Balaban J connectivity index is 2.32. The van der Waals surface area contributed by atoms with Gasteiger partial charge in [0.2, 0.25) is 5.91 Å². The van der Waals surface area contributed by atoms with Crippen molar-refractivity contribution in [1.29, 1.82) is 0 Å². The number of thiocarbonyl (C=S) groups is 1. The number of methoxy groups -OCH3 is 2. The number of likely N-dealkylation sites (N-methyl/N-ethyl adjacent to an activating group) is 1. The molecular weight excluding hydrogens is 356 g/mol. The molecule has 1 aliphatic heterocycles. The number of hydrogen-bond acceptors (Lipinski definition) is 6. The highest BCUT2D eigenvalue weighted by molar-refractivity contribution is 7.80. The van der Waals surface area contributed by atoms with Crippen LogP contribution in [0.25, 0.3) is 0 Å². The molecule has 9 heteroatoms. The van der Waals surface area contributed by atoms with E-state index < -0.39 is 17.7 Å². The average molecular weight is 379 g/mol. The Morgan fingerprint density at radius 2 is 2.04 bits per heavy atom. The fraction of sp³-hybridized carbons (Fsp3) is 0.412. The van der Waals surface area contributed by atoms with Crippen molar-refractivity contribution in [1.82, 2.24) is 5.32 Å². The van der Waals surface area contributed by atoms with Crippen LogP contribution in [0.2, 0.25) is 0 Å². The van der Waals surface area contributed by atoms with Crippen LogP contribution in [0.4, 0.5) is 5.69 Å². The van der Waals surface area contributed by atoms with Crippen LogP contribution in [-0.4, -0.2) is 64.5 Å². The van der Waals surface area contributed by atoms with Gasteiger partial charge in [-0.05, 0) is 24.4 Å². The number of amides is 2. The molecule has 1 atom stereocenters. The van der Waals surface area contributed by atoms with Crippen molar-refractivity contribution in [2.24, 2.45) is 10.9 Å². The van der Waals surface area contributed by atoms with Crippen molar-refractivity contribution in [3.8, 4) is 11.5 Å². The highest BCUT2D eigenvalue weighted by Gasteiger charge is 2.39. The predicted molar refractivity (Wildman–Crippen MR) is 102 cm³/mol. The minimum absolute atomic E-state index is 0.00561. The van der Waals surface area contributed by atoms with Crippen molar-refractivity contribution >= 4 is 41.0 Å². The molecule has 1 aromatic rings. The van der Waals surface area contributed by atoms with Gasteiger partial charge in [-0.3, -0.25) is 19.5 Å². The van der Waals surface area contributed by atoms with Crippen LogP contribution >= 0.6 is 12.2 Å². The SMILES string of the molecule is COc1ccc(OC)c(N2C(=O)C(C=NCC[NH+](C)C)C(=O)NC2=S)c1. The molecule has 0 spiro atoms. The number of carbonyl (C=O) groups is 2. The van der Waals surface area contributed by atoms with E-state index in [2.05, 4.69) is 10.3 Å². The molecule has 1 saturated heterocycles. The highest BCUT2D eigenvalue weighted by Crippen LogP contribution is 2.34. The number of anilines is 1. The Morgan fingerprint density at radius 3 is 2.65 bits per heavy atom. The number of aliphatic imine (C=N–C) groups is 1. The van der Waals surface area contributed by atoms with Gasteiger partial charge in [0.15, 0.2) is 11.0 Å². The van der Waals surface area contributed by atoms with E-state index in [4.69, 9.17) is 21.7 Å². The van der Waals surface area contributed by atoms with Gasteiger partial charge < -0.3 is 19.7 Å². The molecule has 1 aromatic carbocycles. The third-order valence-electron chi connectivity index (χ3n) is 3.82. The molecule has 26 heavy (non-hydrogen) atoms. The van der Waals surface area contributed by atoms with Gasteiger partial charge in [-0.25, -0.2) is 0 Å². The lowest BCUT2D eigenvalue weighted by Gasteiger charge is -2.31. The number of benzene rings is 1. The first-order valence-corrected chi connectivity index (χ1v) is 8.49. The van der Waals surface area contributed by atoms with Crippen molar-refractivity contribution < 1.29 is 24.0 Å². The van der Waals surface area contributed by atoms with Crippen LogP contribution in [0.15, 0.2) is 23.2 Å². The summed E-state index contributed by atoms with van der Waals surface area (Å²) in [5.41, 5.74) is 0.401. The maximum atomic E-state index is 12.9. The van der Waals surface area contributed by atoms with Crippen molar-refractivity contribution in [2.45, 2.75) is 0 Å². The van der Waals surface area contributed by atoms with E-state index in [0.717, 1.165) is 6.54 Å². The molecule has 2 amide bonds. The molecule has 1 fully saturated rings. The molecule has 0 radical (unpaired) electrons. The molecule has 2 N–H and O–H groups in total. The third-order valence-corrected chi connectivity index (χ3v) is 4.11. The first-order chi connectivity index (χ1) is 12.4. The van der Waals surface area contributed by atoms with Crippen LogP contribution in [0.5, 0.6) is 11.5 Å². The van der Waals surface area contributed by atoms with E-state index in [1.807, 2.05) is 14.1 Å². The Bertz CT molecular complexity index is 735. The van der Waals surface area contributed by atoms with Crippen molar-refractivity contribution in [2.75, 3.05) is 46.3 Å². The molecule has 2 rings (SSSR count). The summed E-state index contributed by atoms with van der Waals surface area (Å²) in [7, 11) is 7.02. The Hall–Kier alpha value is -2.52. The predicted octanol–water partition coefficient (Wildman–Crippen LogP) is -0.717. The average Bonchev–Trinajstić information content (AvgIpc) is 2.60. The molecule has 140 valence electrons. The minimum atomic E-state index is -1.05. The first-order valence-electron chi connectivity index (χ1n) is 8.08. The van der Waals surface area contributed by atoms with E-state index in [0.29, 0.717) is 23.7 Å². The summed E-state index contributed by atoms with van der Waals surface area (Å²) < 4.78 is 10.5. The zero-order valence-electron chi connectivity index (χ0n) is 15.2. The van der Waals surface area contributed by atoms with Gasteiger partial charge >= 0.3 is 0 Å². The number of ether oxygens (including phenoxy) is 2. The van der Waals surface area contributed by atoms with Crippen molar-refractivity contribution in [3.63, 3.8) is 0 Å². The van der Waals surface area contributed by atoms with E-state index in [1.165, 1.54) is 30.2 Å². The molecule has 8 nitrogen and oxygen atoms in total. The molecule has 1 aliphatic rings. The van der Waals surface area contributed by atoms with Gasteiger partial charge in [0.1, 0.15) is 11.5 Å². The van der Waals surface area contributed by atoms with Crippen molar-refractivity contribution in [3.05, 3.63) is 18.2 Å². The number of rotatable bonds is 7. The number of nitrogens with one attached hydrogen (secondary N) is 2. The zero-order valence-corrected chi connectivity index (χ0v) is 16.1. The summed E-state index contributed by atoms with van der Waals surface area (Å²) in [6.45, 7) is 1.32. The van der Waals surface area contributed by atoms with Crippen LogP contribution in [0.3, 0.4) is 0 Å². The summed E-state index contributed by atoms with van der Waals surface area (Å²) in [5, 5.41) is 2.55. The van der Waals surface area contributed by atoms with Gasteiger partial charge in [0.25, 0.3) is 5.91 Å². The number of hydrogen-bond donors (Lipinski definition) is 2. The second kappa shape index (κ2) is 8.72. The van der Waals surface area contributed by atoms with Gasteiger partial charge in [0.05, 0.1) is 47.1 Å². The highest BCUT2D eigenvalue weighted by atomic mass is 32.1. The lowest BCUT2D eigenvalue weighted by Crippen LogP contribution is -3.06. The molecule has 0 aromatic heterocycles. The molecular formula is C17H23N4O4S+.